The highest BCUT2D eigenvalue weighted by atomic mass is 16.5. The maximum Gasteiger partial charge on any atom is 0.278 e. The molecule has 0 aliphatic heterocycles. The third-order valence-electron chi connectivity index (χ3n) is 1.92. The molecule has 0 bridgehead atoms. The molecule has 0 aromatic carbocycles. The second-order valence-electron chi connectivity index (χ2n) is 3.12. The lowest BCUT2D eigenvalue weighted by Crippen LogP contribution is -2.14. The first-order chi connectivity index (χ1) is 7.16. The topological polar surface area (TPSA) is 73.0 Å². The first kappa shape index (κ1) is 9.45. The molecule has 0 radical (unpaired) electrons. The summed E-state index contributed by atoms with van der Waals surface area (Å²) in [5.41, 5.74) is 0.258. The van der Waals surface area contributed by atoms with Crippen LogP contribution in [0, 0.1) is 6.92 Å². The number of anilines is 1. The SMILES string of the molecule is Cc1cc(C(=O)Nc2ccnn2C)no1. The minimum atomic E-state index is -0.310. The molecule has 78 valence electrons. The van der Waals surface area contributed by atoms with Gasteiger partial charge in [-0.15, -0.1) is 0 Å². The number of nitrogens with one attached hydrogen (secondary N) is 1. The van der Waals surface area contributed by atoms with Gasteiger partial charge in [-0.3, -0.25) is 9.48 Å². The van der Waals surface area contributed by atoms with Gasteiger partial charge in [0.1, 0.15) is 11.6 Å². The second kappa shape index (κ2) is 3.56. The number of hydrogen-bond donors (Lipinski definition) is 1. The molecule has 6 nitrogen and oxygen atoms in total. The Morgan fingerprint density at radius 2 is 2.40 bits per heavy atom. The Morgan fingerprint density at radius 1 is 1.60 bits per heavy atom. The first-order valence-corrected chi connectivity index (χ1v) is 4.39. The summed E-state index contributed by atoms with van der Waals surface area (Å²) in [4.78, 5) is 11.6. The Kier molecular flexibility index (Phi) is 2.24. The first-order valence-electron chi connectivity index (χ1n) is 4.39. The van der Waals surface area contributed by atoms with Crippen molar-refractivity contribution in [2.24, 2.45) is 7.05 Å². The molecule has 2 aromatic rings. The summed E-state index contributed by atoms with van der Waals surface area (Å²) in [7, 11) is 1.74. The summed E-state index contributed by atoms with van der Waals surface area (Å²) < 4.78 is 6.36. The largest absolute Gasteiger partial charge is 0.361 e. The van der Waals surface area contributed by atoms with Crippen molar-refractivity contribution in [3.05, 3.63) is 29.8 Å². The van der Waals surface area contributed by atoms with Crippen molar-refractivity contribution in [2.45, 2.75) is 6.92 Å². The van der Waals surface area contributed by atoms with Crippen molar-refractivity contribution in [3.8, 4) is 0 Å². The number of carbonyl (C=O) groups is 1. The number of rotatable bonds is 2. The van der Waals surface area contributed by atoms with E-state index in [1.807, 2.05) is 0 Å². The standard InChI is InChI=1S/C9H10N4O2/c1-6-5-7(12-15-6)9(14)11-8-3-4-10-13(8)2/h3-5H,1-2H3,(H,11,14). The van der Waals surface area contributed by atoms with E-state index in [-0.39, 0.29) is 11.6 Å². The van der Waals surface area contributed by atoms with Crippen LogP contribution in [0.1, 0.15) is 16.2 Å². The third-order valence-corrected chi connectivity index (χ3v) is 1.92. The van der Waals surface area contributed by atoms with E-state index in [4.69, 9.17) is 4.52 Å². The Morgan fingerprint density at radius 3 is 2.93 bits per heavy atom. The fraction of sp³-hybridized carbons (Fsp3) is 0.222. The third kappa shape index (κ3) is 1.88. The molecule has 0 fully saturated rings. The van der Waals surface area contributed by atoms with Gasteiger partial charge in [0.25, 0.3) is 5.91 Å². The zero-order valence-corrected chi connectivity index (χ0v) is 8.39. The summed E-state index contributed by atoms with van der Waals surface area (Å²) in [5.74, 6) is 0.904. The molecule has 6 heteroatoms. The van der Waals surface area contributed by atoms with E-state index in [2.05, 4.69) is 15.6 Å². The number of aromatic nitrogens is 3. The van der Waals surface area contributed by atoms with E-state index in [1.54, 1.807) is 37.0 Å². The van der Waals surface area contributed by atoms with E-state index >= 15 is 0 Å². The number of hydrogen-bond acceptors (Lipinski definition) is 4. The highest BCUT2D eigenvalue weighted by Gasteiger charge is 2.12. The summed E-state index contributed by atoms with van der Waals surface area (Å²) in [6.07, 6.45) is 1.60. The maximum absolute atomic E-state index is 11.6. The molecule has 1 N–H and O–H groups in total. The van der Waals surface area contributed by atoms with Gasteiger partial charge in [0.05, 0.1) is 6.20 Å². The van der Waals surface area contributed by atoms with Gasteiger partial charge in [0.2, 0.25) is 0 Å². The van der Waals surface area contributed by atoms with Gasteiger partial charge in [-0.1, -0.05) is 5.16 Å². The minimum Gasteiger partial charge on any atom is -0.361 e. The predicted octanol–water partition coefficient (Wildman–Crippen LogP) is 0.969. The fourth-order valence-corrected chi connectivity index (χ4v) is 1.15. The molecular weight excluding hydrogens is 196 g/mol. The van der Waals surface area contributed by atoms with Gasteiger partial charge >= 0.3 is 0 Å². The van der Waals surface area contributed by atoms with Crippen LogP contribution in [0.15, 0.2) is 22.9 Å². The molecule has 0 unspecified atom stereocenters. The van der Waals surface area contributed by atoms with Crippen molar-refractivity contribution >= 4 is 11.7 Å². The Labute approximate surface area is 85.9 Å². The zero-order chi connectivity index (χ0) is 10.8. The molecule has 0 aliphatic carbocycles. The van der Waals surface area contributed by atoms with Gasteiger partial charge in [-0.05, 0) is 6.92 Å². The number of aryl methyl sites for hydroxylation is 2. The number of amides is 1. The van der Waals surface area contributed by atoms with Gasteiger partial charge in [0.15, 0.2) is 5.69 Å². The van der Waals surface area contributed by atoms with Crippen LogP contribution in [-0.4, -0.2) is 20.8 Å². The van der Waals surface area contributed by atoms with Crippen LogP contribution in [0.25, 0.3) is 0 Å². The van der Waals surface area contributed by atoms with Crippen LogP contribution >= 0.6 is 0 Å². The zero-order valence-electron chi connectivity index (χ0n) is 8.39. The van der Waals surface area contributed by atoms with E-state index in [0.29, 0.717) is 11.6 Å². The Hall–Kier alpha value is -2.11. The van der Waals surface area contributed by atoms with E-state index in [0.717, 1.165) is 0 Å². The normalized spacial score (nSPS) is 10.3. The second-order valence-corrected chi connectivity index (χ2v) is 3.12. The van der Waals surface area contributed by atoms with Crippen LogP contribution in [0.4, 0.5) is 5.82 Å². The van der Waals surface area contributed by atoms with E-state index < -0.39 is 0 Å². The molecule has 2 heterocycles. The molecule has 2 rings (SSSR count). The van der Waals surface area contributed by atoms with Crippen LogP contribution in [0.2, 0.25) is 0 Å². The summed E-state index contributed by atoms with van der Waals surface area (Å²) in [5, 5.41) is 10.2. The highest BCUT2D eigenvalue weighted by Crippen LogP contribution is 2.07. The average molecular weight is 206 g/mol. The van der Waals surface area contributed by atoms with Crippen LogP contribution in [-0.2, 0) is 7.05 Å². The maximum atomic E-state index is 11.6. The molecule has 0 saturated carbocycles. The molecule has 0 saturated heterocycles. The monoisotopic (exact) mass is 206 g/mol. The summed E-state index contributed by atoms with van der Waals surface area (Å²) in [6.45, 7) is 1.73. The lowest BCUT2D eigenvalue weighted by Gasteiger charge is -2.01. The van der Waals surface area contributed by atoms with Crippen molar-refractivity contribution in [1.29, 1.82) is 0 Å². The smallest absolute Gasteiger partial charge is 0.278 e. The average Bonchev–Trinajstić information content (AvgIpc) is 2.77. The lowest BCUT2D eigenvalue weighted by molar-refractivity contribution is 0.101. The minimum absolute atomic E-state index is 0.258. The molecule has 0 atom stereocenters. The number of carbonyl (C=O) groups excluding carboxylic acids is 1. The molecule has 1 amide bonds. The van der Waals surface area contributed by atoms with Crippen LogP contribution in [0.3, 0.4) is 0 Å². The molecule has 0 aliphatic rings. The number of nitrogens with zero attached hydrogens (tertiary/aromatic N) is 3. The van der Waals surface area contributed by atoms with E-state index in [1.165, 1.54) is 0 Å². The van der Waals surface area contributed by atoms with Crippen molar-refractivity contribution in [3.63, 3.8) is 0 Å². The van der Waals surface area contributed by atoms with Gasteiger partial charge in [-0.2, -0.15) is 5.10 Å². The molecule has 15 heavy (non-hydrogen) atoms. The van der Waals surface area contributed by atoms with Gasteiger partial charge < -0.3 is 9.84 Å². The van der Waals surface area contributed by atoms with Crippen molar-refractivity contribution in [2.75, 3.05) is 5.32 Å². The van der Waals surface area contributed by atoms with Crippen LogP contribution in [0.5, 0.6) is 0 Å². The fourth-order valence-electron chi connectivity index (χ4n) is 1.15. The molecule has 0 spiro atoms. The highest BCUT2D eigenvalue weighted by molar-refractivity contribution is 6.02. The summed E-state index contributed by atoms with van der Waals surface area (Å²) >= 11 is 0. The molecular formula is C9H10N4O2. The lowest BCUT2D eigenvalue weighted by atomic mass is 10.3. The molecule has 2 aromatic heterocycles. The van der Waals surface area contributed by atoms with E-state index in [9.17, 15) is 4.79 Å². The predicted molar refractivity (Wildman–Crippen MR) is 52.4 cm³/mol. The Bertz CT molecular complexity index is 486. The summed E-state index contributed by atoms with van der Waals surface area (Å²) in [6, 6.07) is 3.27. The van der Waals surface area contributed by atoms with Gasteiger partial charge in [-0.25, -0.2) is 0 Å². The van der Waals surface area contributed by atoms with Crippen LogP contribution < -0.4 is 5.32 Å². The van der Waals surface area contributed by atoms with Gasteiger partial charge in [0, 0.05) is 19.2 Å². The quantitative estimate of drug-likeness (QED) is 0.794. The van der Waals surface area contributed by atoms with Crippen molar-refractivity contribution < 1.29 is 9.32 Å². The Balaban J connectivity index is 2.14. The van der Waals surface area contributed by atoms with Crippen molar-refractivity contribution in [1.82, 2.24) is 14.9 Å².